The molecule has 1 fully saturated rings. The second-order valence-electron chi connectivity index (χ2n) is 6.85. The van der Waals surface area contributed by atoms with Crippen molar-refractivity contribution >= 4 is 23.4 Å². The van der Waals surface area contributed by atoms with E-state index in [-0.39, 0.29) is 17.5 Å². The molecule has 1 aromatic heterocycles. The number of carbonyl (C=O) groups is 1. The fraction of sp³-hybridized carbons (Fsp3) is 0.450. The van der Waals surface area contributed by atoms with Crippen LogP contribution in [-0.2, 0) is 17.8 Å². The molecule has 1 amide bonds. The highest BCUT2D eigenvalue weighted by atomic mass is 32.2. The average Bonchev–Trinajstić information content (AvgIpc) is 3.05. The van der Waals surface area contributed by atoms with Gasteiger partial charge in [-0.2, -0.15) is 0 Å². The van der Waals surface area contributed by atoms with E-state index in [1.165, 1.54) is 56.0 Å². The molecule has 5 nitrogen and oxygen atoms in total. The Morgan fingerprint density at radius 1 is 1.26 bits per heavy atom. The van der Waals surface area contributed by atoms with Gasteiger partial charge >= 0.3 is 0 Å². The molecule has 1 aromatic carbocycles. The molecule has 27 heavy (non-hydrogen) atoms. The van der Waals surface area contributed by atoms with Crippen LogP contribution in [-0.4, -0.2) is 26.4 Å². The zero-order chi connectivity index (χ0) is 19.1. The number of thioether (sulfide) groups is 1. The second-order valence-corrected chi connectivity index (χ2v) is 7.79. The van der Waals surface area contributed by atoms with Gasteiger partial charge in [0.1, 0.15) is 11.6 Å². The summed E-state index contributed by atoms with van der Waals surface area (Å²) < 4.78 is 15.0. The number of hydrogen-bond donors (Lipinski definition) is 1. The topological polar surface area (TPSA) is 59.8 Å². The van der Waals surface area contributed by atoms with E-state index in [4.69, 9.17) is 0 Å². The first-order chi connectivity index (χ1) is 13.2. The van der Waals surface area contributed by atoms with Crippen LogP contribution in [0.4, 0.5) is 10.1 Å². The maximum atomic E-state index is 12.9. The molecule has 0 bridgehead atoms. The van der Waals surface area contributed by atoms with E-state index in [1.54, 1.807) is 12.1 Å². The number of hydrogen-bond acceptors (Lipinski definition) is 4. The number of halogens is 1. The molecule has 1 N–H and O–H groups in total. The van der Waals surface area contributed by atoms with Crippen molar-refractivity contribution in [3.63, 3.8) is 0 Å². The van der Waals surface area contributed by atoms with E-state index in [0.29, 0.717) is 18.2 Å². The average molecular weight is 389 g/mol. The van der Waals surface area contributed by atoms with E-state index in [2.05, 4.69) is 26.7 Å². The second kappa shape index (κ2) is 9.69. The van der Waals surface area contributed by atoms with Crippen molar-refractivity contribution in [1.29, 1.82) is 0 Å². The van der Waals surface area contributed by atoms with Crippen LogP contribution in [0.3, 0.4) is 0 Å². The Morgan fingerprint density at radius 3 is 2.70 bits per heavy atom. The van der Waals surface area contributed by atoms with Crippen LogP contribution in [0.15, 0.2) is 42.1 Å². The van der Waals surface area contributed by atoms with Crippen LogP contribution >= 0.6 is 11.8 Å². The first kappa shape index (κ1) is 19.6. The molecule has 2 aromatic rings. The Kier molecular flexibility index (Phi) is 7.04. The Morgan fingerprint density at radius 2 is 2.00 bits per heavy atom. The van der Waals surface area contributed by atoms with Gasteiger partial charge in [-0.25, -0.2) is 4.39 Å². The summed E-state index contributed by atoms with van der Waals surface area (Å²) in [6.07, 6.45) is 9.20. The monoisotopic (exact) mass is 388 g/mol. The minimum atomic E-state index is -0.328. The highest BCUT2D eigenvalue weighted by Crippen LogP contribution is 2.27. The van der Waals surface area contributed by atoms with Gasteiger partial charge in [-0.15, -0.1) is 16.8 Å². The summed E-state index contributed by atoms with van der Waals surface area (Å²) in [5.74, 6) is 1.38. The van der Waals surface area contributed by atoms with Gasteiger partial charge < -0.3 is 9.88 Å². The van der Waals surface area contributed by atoms with E-state index < -0.39 is 0 Å². The largest absolute Gasteiger partial charge is 0.325 e. The maximum Gasteiger partial charge on any atom is 0.234 e. The van der Waals surface area contributed by atoms with Crippen LogP contribution in [0.1, 0.15) is 37.9 Å². The number of rotatable bonds is 8. The van der Waals surface area contributed by atoms with Gasteiger partial charge in [0.05, 0.1) is 5.75 Å². The fourth-order valence-corrected chi connectivity index (χ4v) is 4.17. The third-order valence-electron chi connectivity index (χ3n) is 4.76. The molecule has 144 valence electrons. The molecule has 7 heteroatoms. The summed E-state index contributed by atoms with van der Waals surface area (Å²) in [7, 11) is 0. The summed E-state index contributed by atoms with van der Waals surface area (Å²) >= 11 is 1.36. The Hall–Kier alpha value is -2.15. The molecule has 0 radical (unpaired) electrons. The molecule has 1 heterocycles. The molecule has 0 atom stereocenters. The SMILES string of the molecule is C=CCn1c(CC2CCCCC2)nnc1SCC(=O)Nc1ccc(F)cc1. The number of benzene rings is 1. The lowest BCUT2D eigenvalue weighted by Crippen LogP contribution is -2.15. The molecule has 1 saturated carbocycles. The zero-order valence-corrected chi connectivity index (χ0v) is 16.2. The third-order valence-corrected chi connectivity index (χ3v) is 5.73. The summed E-state index contributed by atoms with van der Waals surface area (Å²) in [6.45, 7) is 4.46. The molecule has 3 rings (SSSR count). The van der Waals surface area contributed by atoms with Crippen LogP contribution in [0.25, 0.3) is 0 Å². The van der Waals surface area contributed by atoms with Gasteiger partial charge in [0.2, 0.25) is 5.91 Å². The first-order valence-corrected chi connectivity index (χ1v) is 10.4. The Labute approximate surface area is 163 Å². The van der Waals surface area contributed by atoms with E-state index in [9.17, 15) is 9.18 Å². The summed E-state index contributed by atoms with van der Waals surface area (Å²) in [5.41, 5.74) is 0.576. The lowest BCUT2D eigenvalue weighted by atomic mass is 9.87. The number of allylic oxidation sites excluding steroid dienone is 1. The molecule has 1 aliphatic rings. The molecule has 0 aliphatic heterocycles. The van der Waals surface area contributed by atoms with Crippen LogP contribution in [0.2, 0.25) is 0 Å². The fourth-order valence-electron chi connectivity index (χ4n) is 3.40. The van der Waals surface area contributed by atoms with Crippen molar-refractivity contribution in [3.8, 4) is 0 Å². The summed E-state index contributed by atoms with van der Waals surface area (Å²) in [4.78, 5) is 12.2. The molecular weight excluding hydrogens is 363 g/mol. The number of anilines is 1. The van der Waals surface area contributed by atoms with Gasteiger partial charge in [0.15, 0.2) is 5.16 Å². The zero-order valence-electron chi connectivity index (χ0n) is 15.4. The normalized spacial score (nSPS) is 14.9. The van der Waals surface area contributed by atoms with Crippen molar-refractivity contribution < 1.29 is 9.18 Å². The standard InChI is InChI=1S/C20H25FN4OS/c1-2-12-25-18(13-15-6-4-3-5-7-15)23-24-20(25)27-14-19(26)22-17-10-8-16(21)9-11-17/h2,8-11,15H,1,3-7,12-14H2,(H,22,26). The van der Waals surface area contributed by atoms with Crippen LogP contribution in [0, 0.1) is 11.7 Å². The third kappa shape index (κ3) is 5.66. The maximum absolute atomic E-state index is 12.9. The number of amides is 1. The van der Waals surface area contributed by atoms with Crippen LogP contribution < -0.4 is 5.32 Å². The molecular formula is C20H25FN4OS. The van der Waals surface area contributed by atoms with E-state index >= 15 is 0 Å². The lowest BCUT2D eigenvalue weighted by Gasteiger charge is -2.21. The van der Waals surface area contributed by atoms with Crippen molar-refractivity contribution in [2.45, 2.75) is 50.2 Å². The van der Waals surface area contributed by atoms with Crippen molar-refractivity contribution in [2.24, 2.45) is 5.92 Å². The van der Waals surface area contributed by atoms with Gasteiger partial charge in [0, 0.05) is 18.7 Å². The minimum Gasteiger partial charge on any atom is -0.325 e. The van der Waals surface area contributed by atoms with Gasteiger partial charge in [-0.05, 0) is 30.2 Å². The highest BCUT2D eigenvalue weighted by molar-refractivity contribution is 7.99. The highest BCUT2D eigenvalue weighted by Gasteiger charge is 2.19. The predicted octanol–water partition coefficient (Wildman–Crippen LogP) is 4.46. The number of aromatic nitrogens is 3. The summed E-state index contributed by atoms with van der Waals surface area (Å²) in [6, 6.07) is 5.72. The van der Waals surface area contributed by atoms with Gasteiger partial charge in [-0.1, -0.05) is 49.9 Å². The van der Waals surface area contributed by atoms with E-state index in [0.717, 1.165) is 17.4 Å². The van der Waals surface area contributed by atoms with Gasteiger partial charge in [-0.3, -0.25) is 4.79 Å². The molecule has 1 aliphatic carbocycles. The smallest absolute Gasteiger partial charge is 0.234 e. The quantitative estimate of drug-likeness (QED) is 0.536. The van der Waals surface area contributed by atoms with Crippen molar-refractivity contribution in [3.05, 3.63) is 48.6 Å². The summed E-state index contributed by atoms with van der Waals surface area (Å²) in [5, 5.41) is 12.2. The lowest BCUT2D eigenvalue weighted by molar-refractivity contribution is -0.113. The molecule has 0 spiro atoms. The van der Waals surface area contributed by atoms with Gasteiger partial charge in [0.25, 0.3) is 0 Å². The minimum absolute atomic E-state index is 0.159. The van der Waals surface area contributed by atoms with E-state index in [1.807, 2.05) is 6.08 Å². The van der Waals surface area contributed by atoms with Crippen molar-refractivity contribution in [2.75, 3.05) is 11.1 Å². The molecule has 0 unspecified atom stereocenters. The first-order valence-electron chi connectivity index (χ1n) is 9.37. The predicted molar refractivity (Wildman–Crippen MR) is 106 cm³/mol. The molecule has 0 saturated heterocycles. The Bertz CT molecular complexity index is 769. The van der Waals surface area contributed by atoms with Crippen molar-refractivity contribution in [1.82, 2.24) is 14.8 Å². The number of nitrogens with one attached hydrogen (secondary N) is 1. The number of nitrogens with zero attached hydrogens (tertiary/aromatic N) is 3. The Balaban J connectivity index is 1.59. The number of carbonyl (C=O) groups excluding carboxylic acids is 1. The van der Waals surface area contributed by atoms with Crippen LogP contribution in [0.5, 0.6) is 0 Å².